The van der Waals surface area contributed by atoms with Crippen LogP contribution in [0.2, 0.25) is 0 Å². The van der Waals surface area contributed by atoms with Gasteiger partial charge in [0.05, 0.1) is 22.3 Å². The van der Waals surface area contributed by atoms with Crippen molar-refractivity contribution in [2.45, 2.75) is 10.5 Å². The molecule has 0 saturated heterocycles. The average Bonchev–Trinajstić information content (AvgIpc) is 3.21. The molecule has 0 aliphatic carbocycles. The van der Waals surface area contributed by atoms with Crippen molar-refractivity contribution >= 4 is 28.4 Å². The van der Waals surface area contributed by atoms with Crippen molar-refractivity contribution in [3.8, 4) is 5.69 Å². The van der Waals surface area contributed by atoms with Gasteiger partial charge in [0.2, 0.25) is 0 Å². The molecule has 30 heavy (non-hydrogen) atoms. The minimum absolute atomic E-state index is 0.0130. The van der Waals surface area contributed by atoms with E-state index in [-0.39, 0.29) is 11.4 Å². The molecule has 4 aromatic rings. The molecular formula is C22H18FN3O3S. The molecule has 0 bridgehead atoms. The van der Waals surface area contributed by atoms with Crippen LogP contribution in [0.25, 0.3) is 16.6 Å². The van der Waals surface area contributed by atoms with Gasteiger partial charge in [0.1, 0.15) is 12.3 Å². The van der Waals surface area contributed by atoms with E-state index in [1.807, 2.05) is 36.4 Å². The number of thioether (sulfide) groups is 1. The molecule has 0 radical (unpaired) electrons. The first-order chi connectivity index (χ1) is 14.5. The van der Waals surface area contributed by atoms with Gasteiger partial charge in [-0.2, -0.15) is 5.10 Å². The summed E-state index contributed by atoms with van der Waals surface area (Å²) in [6, 6.07) is 20.9. The van der Waals surface area contributed by atoms with Gasteiger partial charge in [0, 0.05) is 28.2 Å². The molecule has 6 nitrogen and oxygen atoms in total. The zero-order valence-corrected chi connectivity index (χ0v) is 16.6. The van der Waals surface area contributed by atoms with Crippen molar-refractivity contribution < 1.29 is 14.4 Å². The standard InChI is InChI=1S/C22H18FN3O3S/c23-14-22(27,15-30-20-9-7-19(8-10-20)26(28)29)17-6-11-21-16(12-17)13-24-25(21)18-4-2-1-3-5-18/h1-13,27H,14-15H2. The van der Waals surface area contributed by atoms with Crippen molar-refractivity contribution in [1.29, 1.82) is 0 Å². The minimum Gasteiger partial charge on any atom is -0.382 e. The van der Waals surface area contributed by atoms with E-state index in [0.29, 0.717) is 10.5 Å². The predicted molar refractivity (Wildman–Crippen MR) is 115 cm³/mol. The van der Waals surface area contributed by atoms with Crippen molar-refractivity contribution in [3.05, 3.63) is 94.7 Å². The first-order valence-electron chi connectivity index (χ1n) is 9.19. The number of aliphatic hydroxyl groups is 1. The van der Waals surface area contributed by atoms with Gasteiger partial charge in [-0.3, -0.25) is 10.1 Å². The van der Waals surface area contributed by atoms with Crippen molar-refractivity contribution in [2.75, 3.05) is 12.4 Å². The lowest BCUT2D eigenvalue weighted by atomic mass is 9.96. The van der Waals surface area contributed by atoms with E-state index >= 15 is 0 Å². The van der Waals surface area contributed by atoms with Crippen LogP contribution in [0.3, 0.4) is 0 Å². The maximum absolute atomic E-state index is 13.9. The summed E-state index contributed by atoms with van der Waals surface area (Å²) in [5.41, 5.74) is 0.527. The highest BCUT2D eigenvalue weighted by molar-refractivity contribution is 7.99. The number of nitrogens with zero attached hydrogens (tertiary/aromatic N) is 3. The summed E-state index contributed by atoms with van der Waals surface area (Å²) in [5.74, 6) is 0.0691. The number of para-hydroxylation sites is 1. The normalized spacial score (nSPS) is 13.3. The molecule has 0 saturated carbocycles. The van der Waals surface area contributed by atoms with E-state index in [2.05, 4.69) is 5.10 Å². The molecule has 0 aliphatic heterocycles. The smallest absolute Gasteiger partial charge is 0.269 e. The lowest BCUT2D eigenvalue weighted by molar-refractivity contribution is -0.384. The van der Waals surface area contributed by atoms with Gasteiger partial charge in [-0.25, -0.2) is 9.07 Å². The number of benzene rings is 3. The summed E-state index contributed by atoms with van der Waals surface area (Å²) in [6.07, 6.45) is 1.69. The van der Waals surface area contributed by atoms with Crippen molar-refractivity contribution in [3.63, 3.8) is 0 Å². The number of nitro benzene ring substituents is 1. The van der Waals surface area contributed by atoms with Crippen LogP contribution < -0.4 is 0 Å². The van der Waals surface area contributed by atoms with Gasteiger partial charge in [-0.1, -0.05) is 24.3 Å². The van der Waals surface area contributed by atoms with Gasteiger partial charge in [-0.15, -0.1) is 11.8 Å². The first kappa shape index (κ1) is 20.1. The Morgan fingerprint density at radius 2 is 1.83 bits per heavy atom. The maximum atomic E-state index is 13.9. The summed E-state index contributed by atoms with van der Waals surface area (Å²) in [6.45, 7) is -0.953. The van der Waals surface area contributed by atoms with Gasteiger partial charge < -0.3 is 5.11 Å². The van der Waals surface area contributed by atoms with E-state index in [9.17, 15) is 19.6 Å². The molecule has 1 atom stereocenters. The quantitative estimate of drug-likeness (QED) is 0.260. The summed E-state index contributed by atoms with van der Waals surface area (Å²) in [4.78, 5) is 11.0. The van der Waals surface area contributed by atoms with Crippen LogP contribution in [0.5, 0.6) is 0 Å². The fourth-order valence-electron chi connectivity index (χ4n) is 3.16. The second-order valence-corrected chi connectivity index (χ2v) is 7.92. The summed E-state index contributed by atoms with van der Waals surface area (Å²) in [5, 5.41) is 26.9. The third-order valence-electron chi connectivity index (χ3n) is 4.85. The van der Waals surface area contributed by atoms with Crippen LogP contribution in [0.15, 0.2) is 83.9 Å². The number of fused-ring (bicyclic) bond motifs is 1. The Morgan fingerprint density at radius 1 is 1.10 bits per heavy atom. The highest BCUT2D eigenvalue weighted by Crippen LogP contribution is 2.33. The zero-order valence-electron chi connectivity index (χ0n) is 15.8. The molecule has 3 aromatic carbocycles. The summed E-state index contributed by atoms with van der Waals surface area (Å²) in [7, 11) is 0. The molecular weight excluding hydrogens is 405 g/mol. The Balaban J connectivity index is 1.58. The number of hydrogen-bond acceptors (Lipinski definition) is 5. The molecule has 0 fully saturated rings. The van der Waals surface area contributed by atoms with Gasteiger partial charge >= 0.3 is 0 Å². The topological polar surface area (TPSA) is 81.2 Å². The van der Waals surface area contributed by atoms with Crippen LogP contribution in [0, 0.1) is 10.1 Å². The van der Waals surface area contributed by atoms with Crippen LogP contribution in [0.1, 0.15) is 5.56 Å². The molecule has 4 rings (SSSR count). The molecule has 0 amide bonds. The maximum Gasteiger partial charge on any atom is 0.269 e. The van der Waals surface area contributed by atoms with Gasteiger partial charge in [-0.05, 0) is 42.0 Å². The fraction of sp³-hybridized carbons (Fsp3) is 0.136. The minimum atomic E-state index is -1.69. The second-order valence-electron chi connectivity index (χ2n) is 6.87. The SMILES string of the molecule is O=[N+]([O-])c1ccc(SCC(O)(CF)c2ccc3c(cnn3-c3ccccc3)c2)cc1. The highest BCUT2D eigenvalue weighted by atomic mass is 32.2. The third-order valence-corrected chi connectivity index (χ3v) is 6.08. The van der Waals surface area contributed by atoms with Crippen molar-refractivity contribution in [2.24, 2.45) is 0 Å². The molecule has 1 heterocycles. The number of non-ortho nitro benzene ring substituents is 1. The molecule has 1 N–H and O–H groups in total. The number of nitro groups is 1. The number of alkyl halides is 1. The Morgan fingerprint density at radius 3 is 2.50 bits per heavy atom. The molecule has 1 unspecified atom stereocenters. The van der Waals surface area contributed by atoms with Crippen LogP contribution >= 0.6 is 11.8 Å². The van der Waals surface area contributed by atoms with E-state index in [1.165, 1.54) is 23.9 Å². The number of aromatic nitrogens is 2. The Labute approximate surface area is 176 Å². The number of hydrogen-bond donors (Lipinski definition) is 1. The third kappa shape index (κ3) is 3.92. The van der Waals surface area contributed by atoms with E-state index in [1.54, 1.807) is 35.1 Å². The van der Waals surface area contributed by atoms with Crippen LogP contribution in [-0.4, -0.2) is 32.2 Å². The van der Waals surface area contributed by atoms with E-state index in [4.69, 9.17) is 0 Å². The van der Waals surface area contributed by atoms with Gasteiger partial charge in [0.25, 0.3) is 5.69 Å². The number of rotatable bonds is 7. The lowest BCUT2D eigenvalue weighted by Gasteiger charge is -2.25. The van der Waals surface area contributed by atoms with E-state index in [0.717, 1.165) is 16.6 Å². The molecule has 8 heteroatoms. The Hall–Kier alpha value is -3.23. The second kappa shape index (κ2) is 8.25. The molecule has 152 valence electrons. The largest absolute Gasteiger partial charge is 0.382 e. The summed E-state index contributed by atoms with van der Waals surface area (Å²) >= 11 is 1.24. The van der Waals surface area contributed by atoms with Crippen LogP contribution in [0.4, 0.5) is 10.1 Å². The summed E-state index contributed by atoms with van der Waals surface area (Å²) < 4.78 is 15.7. The molecule has 1 aromatic heterocycles. The zero-order chi connectivity index (χ0) is 21.1. The predicted octanol–water partition coefficient (Wildman–Crippen LogP) is 4.88. The fourth-order valence-corrected chi connectivity index (χ4v) is 4.14. The Bertz CT molecular complexity index is 1180. The first-order valence-corrected chi connectivity index (χ1v) is 10.2. The average molecular weight is 423 g/mol. The van der Waals surface area contributed by atoms with Gasteiger partial charge in [0.15, 0.2) is 0 Å². The monoisotopic (exact) mass is 423 g/mol. The Kier molecular flexibility index (Phi) is 5.52. The van der Waals surface area contributed by atoms with Crippen molar-refractivity contribution in [1.82, 2.24) is 9.78 Å². The highest BCUT2D eigenvalue weighted by Gasteiger charge is 2.30. The number of halogens is 1. The lowest BCUT2D eigenvalue weighted by Crippen LogP contribution is -2.31. The molecule has 0 spiro atoms. The van der Waals surface area contributed by atoms with E-state index < -0.39 is 17.2 Å². The molecule has 0 aliphatic rings. The van der Waals surface area contributed by atoms with Crippen LogP contribution in [-0.2, 0) is 5.60 Å².